The molecule has 1 rings (SSSR count). The van der Waals surface area contributed by atoms with Gasteiger partial charge in [0.1, 0.15) is 6.56 Å². The van der Waals surface area contributed by atoms with Gasteiger partial charge in [0.05, 0.1) is 12.0 Å². The smallest absolute Gasteiger partial charge is 0.407 e. The Morgan fingerprint density at radius 2 is 3.00 bits per heavy atom. The van der Waals surface area contributed by atoms with Crippen LogP contribution in [0.4, 0.5) is 4.79 Å². The summed E-state index contributed by atoms with van der Waals surface area (Å²) in [6.45, 7) is -4.99. The zero-order chi connectivity index (χ0) is 7.99. The van der Waals surface area contributed by atoms with E-state index in [-0.39, 0.29) is 0 Å². The monoisotopic (exact) mass is 91.1 g/mol. The van der Waals surface area contributed by atoms with E-state index in [1.165, 1.54) is 0 Å². The van der Waals surface area contributed by atoms with Gasteiger partial charge in [-0.05, 0) is 0 Å². The number of rotatable bonds is 0. The molecular formula is C3H5NO2. The van der Waals surface area contributed by atoms with Crippen LogP contribution in [-0.2, 0) is 4.74 Å². The average Bonchev–Trinajstić information content (AvgIpc) is 1.73. The summed E-state index contributed by atoms with van der Waals surface area (Å²) in [6.07, 6.45) is -1.07. The van der Waals surface area contributed by atoms with Crippen molar-refractivity contribution in [3.8, 4) is 0 Å². The van der Waals surface area contributed by atoms with Gasteiger partial charge in [0.15, 0.2) is 0 Å². The van der Waals surface area contributed by atoms with Crippen molar-refractivity contribution in [3.05, 3.63) is 0 Å². The standard InChI is InChI=1S/C3H5NO2/c5-3-4-1-2-6-3/h1-2H2,(H,4,5)/i1D2,2D2. The van der Waals surface area contributed by atoms with E-state index < -0.39 is 19.1 Å². The Kier molecular flexibility index (Phi) is 0.216. The molecule has 0 aromatic heterocycles. The lowest BCUT2D eigenvalue weighted by Gasteiger charge is -1.80. The number of hydrogen-bond donors (Lipinski definition) is 1. The largest absolute Gasteiger partial charge is 0.448 e. The minimum Gasteiger partial charge on any atom is -0.448 e. The molecule has 0 unspecified atom stereocenters. The minimum atomic E-state index is -2.57. The van der Waals surface area contributed by atoms with Crippen molar-refractivity contribution < 1.29 is 15.0 Å². The van der Waals surface area contributed by atoms with Crippen LogP contribution in [0.15, 0.2) is 0 Å². The summed E-state index contributed by atoms with van der Waals surface area (Å²) < 4.78 is 31.3. The third-order valence-electron chi connectivity index (χ3n) is 0.359. The Hall–Kier alpha value is -0.730. The van der Waals surface area contributed by atoms with Crippen LogP contribution in [0.25, 0.3) is 0 Å². The Balaban J connectivity index is 2.88. The first-order valence-corrected chi connectivity index (χ1v) is 1.36. The van der Waals surface area contributed by atoms with Gasteiger partial charge in [-0.1, -0.05) is 0 Å². The number of alkyl carbamates (subject to hydrolysis) is 1. The molecule has 1 fully saturated rings. The molecule has 0 radical (unpaired) electrons. The van der Waals surface area contributed by atoms with Crippen LogP contribution in [0.3, 0.4) is 0 Å². The highest BCUT2D eigenvalue weighted by atomic mass is 16.6. The van der Waals surface area contributed by atoms with Gasteiger partial charge in [-0.25, -0.2) is 4.79 Å². The lowest BCUT2D eigenvalue weighted by molar-refractivity contribution is 0.178. The van der Waals surface area contributed by atoms with Gasteiger partial charge in [0.2, 0.25) is 0 Å². The first kappa shape index (κ1) is 1.12. The number of ether oxygens (including phenoxy) is 1. The number of carbonyl (C=O) groups excluding carboxylic acids is 1. The van der Waals surface area contributed by atoms with Gasteiger partial charge in [-0.15, -0.1) is 0 Å². The topological polar surface area (TPSA) is 38.3 Å². The van der Waals surface area contributed by atoms with Gasteiger partial charge in [0, 0.05) is 0 Å². The molecule has 0 bridgehead atoms. The summed E-state index contributed by atoms with van der Waals surface area (Å²) in [5, 5.41) is 1.68. The molecule has 0 aliphatic carbocycles. The SMILES string of the molecule is [2H]C1([2H])NC(=O)OC1([2H])[2H]. The lowest BCUT2D eigenvalue weighted by atomic mass is 10.7. The molecule has 1 amide bonds. The second kappa shape index (κ2) is 1.16. The molecule has 3 nitrogen and oxygen atoms in total. The predicted molar refractivity (Wildman–Crippen MR) is 19.4 cm³/mol. The molecule has 1 saturated heterocycles. The van der Waals surface area contributed by atoms with Crippen LogP contribution >= 0.6 is 0 Å². The Morgan fingerprint density at radius 3 is 3.17 bits per heavy atom. The van der Waals surface area contributed by atoms with Crippen LogP contribution in [-0.4, -0.2) is 19.1 Å². The van der Waals surface area contributed by atoms with Crippen LogP contribution in [0.5, 0.6) is 0 Å². The number of amides is 1. The Labute approximate surface area is 40.9 Å². The van der Waals surface area contributed by atoms with E-state index in [1.807, 2.05) is 0 Å². The normalized spacial score (nSPS) is 46.3. The molecule has 0 atom stereocenters. The first-order chi connectivity index (χ1) is 4.35. The molecular weight excluding hydrogens is 82.0 g/mol. The molecule has 34 valence electrons. The van der Waals surface area contributed by atoms with E-state index in [0.29, 0.717) is 0 Å². The van der Waals surface area contributed by atoms with Gasteiger partial charge in [0.25, 0.3) is 0 Å². The molecule has 0 spiro atoms. The van der Waals surface area contributed by atoms with Crippen LogP contribution in [0, 0.1) is 0 Å². The van der Waals surface area contributed by atoms with E-state index >= 15 is 0 Å². The summed E-state index contributed by atoms with van der Waals surface area (Å²) in [6, 6.07) is 0. The summed E-state index contributed by atoms with van der Waals surface area (Å²) >= 11 is 0. The fourth-order valence-electron chi connectivity index (χ4n) is 0.174. The number of cyclic esters (lactones) is 1. The van der Waals surface area contributed by atoms with E-state index in [0.717, 1.165) is 0 Å². The van der Waals surface area contributed by atoms with Crippen molar-refractivity contribution in [1.29, 1.82) is 0 Å². The van der Waals surface area contributed by atoms with Gasteiger partial charge < -0.3 is 10.1 Å². The van der Waals surface area contributed by atoms with E-state index in [4.69, 9.17) is 5.48 Å². The van der Waals surface area contributed by atoms with Crippen molar-refractivity contribution in [3.63, 3.8) is 0 Å². The van der Waals surface area contributed by atoms with Gasteiger partial charge in [-0.2, -0.15) is 0 Å². The van der Waals surface area contributed by atoms with Gasteiger partial charge >= 0.3 is 6.09 Å². The highest BCUT2D eigenvalue weighted by Gasteiger charge is 2.06. The molecule has 1 heterocycles. The number of carbonyl (C=O) groups is 1. The zero-order valence-corrected chi connectivity index (χ0v) is 2.82. The summed E-state index contributed by atoms with van der Waals surface area (Å²) in [5.41, 5.74) is 0. The van der Waals surface area contributed by atoms with Crippen molar-refractivity contribution >= 4 is 6.09 Å². The maximum Gasteiger partial charge on any atom is 0.407 e. The summed E-state index contributed by atoms with van der Waals surface area (Å²) in [5.74, 6) is 0. The maximum absolute atomic E-state index is 10.3. The molecule has 6 heavy (non-hydrogen) atoms. The van der Waals surface area contributed by atoms with Crippen molar-refractivity contribution in [2.24, 2.45) is 0 Å². The van der Waals surface area contributed by atoms with Crippen LogP contribution in [0.1, 0.15) is 5.48 Å². The van der Waals surface area contributed by atoms with E-state index in [1.54, 1.807) is 5.32 Å². The first-order valence-electron chi connectivity index (χ1n) is 3.36. The quantitative estimate of drug-likeness (QED) is 0.445. The molecule has 1 N–H and O–H groups in total. The fourth-order valence-corrected chi connectivity index (χ4v) is 0.174. The number of nitrogens with one attached hydrogen (secondary N) is 1. The molecule has 0 saturated carbocycles. The van der Waals surface area contributed by atoms with Crippen LogP contribution in [0.2, 0.25) is 0 Å². The molecule has 1 aliphatic heterocycles. The highest BCUT2D eigenvalue weighted by Crippen LogP contribution is 1.82. The zero-order valence-electron chi connectivity index (χ0n) is 6.82. The van der Waals surface area contributed by atoms with Crippen LogP contribution < -0.4 is 5.32 Å². The molecule has 1 aliphatic rings. The second-order valence-electron chi connectivity index (χ2n) is 0.742. The van der Waals surface area contributed by atoms with Crippen molar-refractivity contribution in [1.82, 2.24) is 5.32 Å². The lowest BCUT2D eigenvalue weighted by Crippen LogP contribution is -2.11. The summed E-state index contributed by atoms with van der Waals surface area (Å²) in [7, 11) is 0. The molecule has 3 heteroatoms. The third-order valence-corrected chi connectivity index (χ3v) is 0.359. The Bertz CT molecular complexity index is 161. The number of hydrogen-bond acceptors (Lipinski definition) is 2. The van der Waals surface area contributed by atoms with E-state index in [2.05, 4.69) is 4.74 Å². The summed E-state index contributed by atoms with van der Waals surface area (Å²) in [4.78, 5) is 10.3. The predicted octanol–water partition coefficient (Wildman–Crippen LogP) is -0.274. The van der Waals surface area contributed by atoms with Crippen molar-refractivity contribution in [2.45, 2.75) is 0 Å². The third kappa shape index (κ3) is 0.429. The second-order valence-corrected chi connectivity index (χ2v) is 0.742. The average molecular weight is 91.1 g/mol. The highest BCUT2D eigenvalue weighted by molar-refractivity contribution is 5.68. The van der Waals surface area contributed by atoms with E-state index in [9.17, 15) is 4.79 Å². The fraction of sp³-hybridized carbons (Fsp3) is 0.667. The Morgan fingerprint density at radius 1 is 2.17 bits per heavy atom. The molecule has 0 aromatic carbocycles. The molecule has 0 aromatic rings. The van der Waals surface area contributed by atoms with Gasteiger partial charge in [-0.3, -0.25) is 0 Å². The van der Waals surface area contributed by atoms with Crippen molar-refractivity contribution in [2.75, 3.05) is 13.1 Å². The minimum absolute atomic E-state index is 1.07. The maximum atomic E-state index is 10.3.